The number of likely N-dealkylation sites (tertiary alicyclic amines) is 2. The molecule has 27 nitrogen and oxygen atoms in total. The Morgan fingerprint density at radius 3 is 1.12 bits per heavy atom. The standard InChI is InChI=1S/C38H26N6.C26H12F4N8.C22H20N4O2.C22H25N3O4S/c1-41(43-33-19-9-5-13-25(33)26-14-6-10-20-34(26)43)37-29-17-3-4-18-30(29)38(32(24-40)31(37)23-39)42(2)44-35-21-11-7-15-27(35)28-16-8-12-22-36(28)44;27-21-19-20(22(28)24(30)23(21)29)26(36-38-12-34-16-6-2-4-8-18(16)38)14(10-32)13(9-31)25(19)35-37-11-33-15-5-1-3-7-17(15)37;23-13-17-18(14-24)20(22(28)26-11-5-6-12-26)16-8-2-1-7-15(16)19(17)21(27)25-9-3-4-10-25;1-4-5-8-29-21-15-11-19(26-2)20(27-3)12-16(15)22(18(14-24)17(21)13-23)30-25-6-9-28-10-7-25/h3-22H,1-2H3;1-8,11-12,35-36H;1-2,7-8H,3-6,9-12H2;11-12H,4-10H2,1-3H3. The number of unbranched alkanes of at least 4 members (excludes halogenated alkanes) is 1. The number of amides is 2. The molecule has 2 N–H and O–H groups in total. The van der Waals surface area contributed by atoms with E-state index in [1.54, 1.807) is 96.8 Å². The summed E-state index contributed by atoms with van der Waals surface area (Å²) in [6.07, 6.45) is 8.16. The zero-order chi connectivity index (χ0) is 97.7. The molecule has 0 spiro atoms. The van der Waals surface area contributed by atoms with Crippen LogP contribution in [-0.2, 0) is 4.74 Å². The number of carbonyl (C=O) groups excluding carboxylic acids is 2. The first-order valence-corrected chi connectivity index (χ1v) is 45.7. The van der Waals surface area contributed by atoms with E-state index in [2.05, 4.69) is 126 Å². The molecule has 21 rings (SSSR count). The summed E-state index contributed by atoms with van der Waals surface area (Å²) in [5.74, 6) is -6.57. The van der Waals surface area contributed by atoms with Gasteiger partial charge in [0.1, 0.15) is 72.5 Å². The molecule has 3 aliphatic heterocycles. The lowest BCUT2D eigenvalue weighted by Gasteiger charge is -2.30. The van der Waals surface area contributed by atoms with E-state index in [4.69, 9.17) is 18.9 Å². The van der Waals surface area contributed by atoms with Gasteiger partial charge in [-0.1, -0.05) is 159 Å². The maximum atomic E-state index is 15.4. The topological polar surface area (TPSA) is 347 Å². The van der Waals surface area contributed by atoms with Crippen molar-refractivity contribution in [3.63, 3.8) is 0 Å². The average molecular weight is 1880 g/mol. The summed E-state index contributed by atoms with van der Waals surface area (Å²) < 4.78 is 91.4. The first kappa shape index (κ1) is 92.6. The van der Waals surface area contributed by atoms with Crippen LogP contribution < -0.4 is 35.1 Å². The number of anilines is 4. The van der Waals surface area contributed by atoms with Gasteiger partial charge in [0.05, 0.1) is 167 Å². The van der Waals surface area contributed by atoms with E-state index in [0.717, 1.165) is 122 Å². The number of methoxy groups -OCH3 is 2. The number of rotatable bonds is 18. The smallest absolute Gasteiger partial charge is 0.255 e. The first-order valence-electron chi connectivity index (χ1n) is 45.0. The number of hydrogen-bond donors (Lipinski definition) is 2. The number of para-hydroxylation sites is 8. The molecule has 140 heavy (non-hydrogen) atoms. The van der Waals surface area contributed by atoms with E-state index in [-0.39, 0.29) is 39.6 Å². The zero-order valence-electron chi connectivity index (χ0n) is 76.3. The summed E-state index contributed by atoms with van der Waals surface area (Å²) in [5, 5.41) is 92.7. The van der Waals surface area contributed by atoms with Crippen LogP contribution in [0.15, 0.2) is 224 Å². The molecular weight excluding hydrogens is 1800 g/mol. The van der Waals surface area contributed by atoms with Crippen molar-refractivity contribution in [3.8, 4) is 65.8 Å². The van der Waals surface area contributed by atoms with Crippen molar-refractivity contribution in [2.75, 3.05) is 108 Å². The quantitative estimate of drug-likeness (QED) is 0.0265. The molecule has 690 valence electrons. The molecule has 32 heteroatoms. The summed E-state index contributed by atoms with van der Waals surface area (Å²) in [6.45, 7) is 7.87. The van der Waals surface area contributed by atoms with Crippen molar-refractivity contribution < 1.29 is 46.1 Å². The Morgan fingerprint density at radius 1 is 0.414 bits per heavy atom. The predicted molar refractivity (Wildman–Crippen MR) is 529 cm³/mol. The molecule has 14 aromatic carbocycles. The molecule has 3 fully saturated rings. The van der Waals surface area contributed by atoms with Crippen LogP contribution in [0.5, 0.6) is 17.2 Å². The van der Waals surface area contributed by atoms with Crippen LogP contribution in [0.2, 0.25) is 0 Å². The molecule has 7 heterocycles. The highest BCUT2D eigenvalue weighted by Crippen LogP contribution is 2.50. The third-order valence-electron chi connectivity index (χ3n) is 25.4. The number of morpholine rings is 1. The van der Waals surface area contributed by atoms with Gasteiger partial charge in [0.2, 0.25) is 0 Å². The maximum Gasteiger partial charge on any atom is 0.255 e. The minimum Gasteiger partial charge on any atom is -0.493 e. The van der Waals surface area contributed by atoms with E-state index in [1.807, 2.05) is 121 Å². The Labute approximate surface area is 803 Å². The van der Waals surface area contributed by atoms with Crippen molar-refractivity contribution in [2.24, 2.45) is 0 Å². The second-order valence-corrected chi connectivity index (χ2v) is 34.2. The molecular formula is C108H83F4N21O6S. The highest BCUT2D eigenvalue weighted by Gasteiger charge is 2.37. The molecule has 3 saturated heterocycles. The number of aromatic nitrogens is 6. The number of imidazole rings is 2. The number of benzene rings is 14. The third kappa shape index (κ3) is 16.3. The van der Waals surface area contributed by atoms with E-state index in [1.165, 1.54) is 34.0 Å². The molecule has 18 aromatic rings. The van der Waals surface area contributed by atoms with Gasteiger partial charge < -0.3 is 28.7 Å². The number of carbonyl (C=O) groups is 2. The molecule has 4 aromatic heterocycles. The monoisotopic (exact) mass is 1880 g/mol. The number of halogens is 4. The van der Waals surface area contributed by atoms with E-state index < -0.39 is 56.5 Å². The van der Waals surface area contributed by atoms with Crippen LogP contribution >= 0.6 is 11.9 Å². The minimum absolute atomic E-state index is 0.0145. The van der Waals surface area contributed by atoms with Crippen molar-refractivity contribution in [1.29, 1.82) is 42.1 Å². The van der Waals surface area contributed by atoms with Gasteiger partial charge in [-0.2, -0.15) is 42.1 Å². The normalized spacial score (nSPS) is 12.9. The Hall–Kier alpha value is -17.9. The molecule has 0 bridgehead atoms. The SMILES string of the molecule is CCCCOc1c(C#N)c(C#N)c(SN2CCOCC2)c2cc(OC)c(OC)cc12.CN(c1c(C#N)c(C#N)c(N(C)n2c3ccccc3c3ccccc32)c2ccccc12)n1c2ccccc2c2ccccc21.N#Cc1c(C#N)c(C(=O)N2CCCC2)c2ccccc2c1C(=O)N1CCCC1.N#Cc1c(C#N)c(Nn2cnc3ccccc32)c2c(F)c(F)c(F)c(F)c2c1Nn1cnc2ccccc21. The lowest BCUT2D eigenvalue weighted by atomic mass is 9.88. The number of nitrogens with zero attached hydrogens (tertiary/aromatic N) is 19. The minimum atomic E-state index is -2.07. The fourth-order valence-corrected chi connectivity index (χ4v) is 20.0. The summed E-state index contributed by atoms with van der Waals surface area (Å²) in [5.41, 5.74) is 12.9. The van der Waals surface area contributed by atoms with Gasteiger partial charge in [0.15, 0.2) is 34.8 Å². The average Bonchev–Trinajstić information content (AvgIpc) is 1.23. The van der Waals surface area contributed by atoms with Crippen molar-refractivity contribution in [1.82, 2.24) is 42.8 Å². The van der Waals surface area contributed by atoms with Crippen molar-refractivity contribution in [3.05, 3.63) is 298 Å². The van der Waals surface area contributed by atoms with Crippen LogP contribution in [0.3, 0.4) is 0 Å². The van der Waals surface area contributed by atoms with Gasteiger partial charge >= 0.3 is 0 Å². The van der Waals surface area contributed by atoms with Gasteiger partial charge in [-0.15, -0.1) is 0 Å². The van der Waals surface area contributed by atoms with Crippen molar-refractivity contribution in [2.45, 2.75) is 50.3 Å². The van der Waals surface area contributed by atoms with Gasteiger partial charge in [0.25, 0.3) is 11.8 Å². The van der Waals surface area contributed by atoms with E-state index in [0.29, 0.717) is 124 Å². The summed E-state index contributed by atoms with van der Waals surface area (Å²) in [7, 11) is 7.09. The summed E-state index contributed by atoms with van der Waals surface area (Å²) in [4.78, 5) is 39.0. The fourth-order valence-electron chi connectivity index (χ4n) is 18.9. The number of nitriles is 8. The van der Waals surface area contributed by atoms with Gasteiger partial charge in [-0.3, -0.25) is 39.8 Å². The molecule has 3 aliphatic rings. The number of hydrogen-bond acceptors (Lipinski definition) is 22. The van der Waals surface area contributed by atoms with Crippen LogP contribution in [-0.4, -0.2) is 142 Å². The zero-order valence-corrected chi connectivity index (χ0v) is 77.1. The highest BCUT2D eigenvalue weighted by atomic mass is 32.2. The van der Waals surface area contributed by atoms with Crippen molar-refractivity contribution >= 4 is 155 Å². The third-order valence-corrected chi connectivity index (χ3v) is 26.6. The van der Waals surface area contributed by atoms with Gasteiger partial charge in [0, 0.05) is 96.5 Å². The molecule has 2 amide bonds. The Balaban J connectivity index is 0.000000126. The fraction of sp³-hybridized carbons (Fsp3) is 0.185. The molecule has 0 atom stereocenters. The van der Waals surface area contributed by atoms with Gasteiger partial charge in [-0.05, 0) is 115 Å². The lowest BCUT2D eigenvalue weighted by molar-refractivity contribution is 0.0773. The second-order valence-electron chi connectivity index (χ2n) is 33.1. The number of fused-ring (bicyclic) bond motifs is 12. The maximum absolute atomic E-state index is 15.4. The van der Waals surface area contributed by atoms with Crippen LogP contribution in [0.4, 0.5) is 40.3 Å². The highest BCUT2D eigenvalue weighted by molar-refractivity contribution is 7.97. The van der Waals surface area contributed by atoms with E-state index >= 15 is 8.78 Å². The Kier molecular flexibility index (Phi) is 26.4. The molecule has 0 saturated carbocycles. The Bertz CT molecular complexity index is 7960. The van der Waals surface area contributed by atoms with Crippen LogP contribution in [0.1, 0.15) is 111 Å². The van der Waals surface area contributed by atoms with E-state index in [9.17, 15) is 60.5 Å². The van der Waals surface area contributed by atoms with Crippen LogP contribution in [0.25, 0.3) is 109 Å². The lowest BCUT2D eigenvalue weighted by Crippen LogP contribution is -2.31. The predicted octanol–water partition coefficient (Wildman–Crippen LogP) is 21.4. The first-order chi connectivity index (χ1) is 68.4. The largest absolute Gasteiger partial charge is 0.493 e. The van der Waals surface area contributed by atoms with Crippen LogP contribution in [0, 0.1) is 114 Å². The molecule has 0 unspecified atom stereocenters. The Morgan fingerprint density at radius 2 is 0.757 bits per heavy atom. The second kappa shape index (κ2) is 40.0. The van der Waals surface area contributed by atoms with Gasteiger partial charge in [-0.25, -0.2) is 41.2 Å². The summed E-state index contributed by atoms with van der Waals surface area (Å²) in [6, 6.07) is 82.6. The number of ether oxygens (including phenoxy) is 4. The summed E-state index contributed by atoms with van der Waals surface area (Å²) >= 11 is 1.47. The molecule has 0 aliphatic carbocycles. The number of nitrogens with one attached hydrogen (secondary N) is 2. The molecule has 0 radical (unpaired) electrons.